The number of hydrogen-bond donors (Lipinski definition) is 5. The molecule has 0 aliphatic carbocycles. The van der Waals surface area contributed by atoms with Gasteiger partial charge in [-0.05, 0) is 115 Å². The van der Waals surface area contributed by atoms with Gasteiger partial charge >= 0.3 is 0 Å². The summed E-state index contributed by atoms with van der Waals surface area (Å²) in [6.45, 7) is 1.68. The molecule has 0 saturated heterocycles. The topological polar surface area (TPSA) is 352 Å². The van der Waals surface area contributed by atoms with Gasteiger partial charge in [0.25, 0.3) is 40.5 Å². The molecule has 8 rings (SSSR count). The number of fused-ring (bicyclic) bond motifs is 4. The zero-order valence-corrected chi connectivity index (χ0v) is 37.2. The molecule has 0 aliphatic heterocycles. The standard InChI is InChI=1S/C40H29N9O14S4/c1-21-15-34(35(63-2)20-33(21)44-43-24-5-3-23(4-6-24)41-42-25-7-10-27(11-8-25)64(51,52)53)45-46-39-37(67(60,61)62)17-22-16-26(9-12-29(22)40(39)50)49-47-32-14-13-30-31(38(32)48-49)18-28(65(54,55)56)19-36(30)66(57,58)59/h3-20,50H,1-2H3,(H,51,52,53)(H,54,55,56)(H,57,58,59)(H,60,61,62). The molecule has 0 aliphatic rings. The molecule has 5 N–H and O–H groups in total. The van der Waals surface area contributed by atoms with Crippen LogP contribution in [-0.4, -0.2) is 79.1 Å². The predicted octanol–water partition coefficient (Wildman–Crippen LogP) is 8.98. The molecule has 0 spiro atoms. The van der Waals surface area contributed by atoms with E-state index in [1.54, 1.807) is 31.2 Å². The maximum atomic E-state index is 12.7. The fourth-order valence-electron chi connectivity index (χ4n) is 6.60. The maximum Gasteiger partial charge on any atom is 0.296 e. The quantitative estimate of drug-likeness (QED) is 0.0563. The highest BCUT2D eigenvalue weighted by Gasteiger charge is 2.25. The van der Waals surface area contributed by atoms with Crippen molar-refractivity contribution in [2.75, 3.05) is 7.11 Å². The third-order valence-corrected chi connectivity index (χ3v) is 13.3. The van der Waals surface area contributed by atoms with E-state index in [1.807, 2.05) is 0 Å². The molecule has 0 radical (unpaired) electrons. The van der Waals surface area contributed by atoms with Gasteiger partial charge in [-0.2, -0.15) is 58.9 Å². The van der Waals surface area contributed by atoms with Crippen molar-refractivity contribution < 1.29 is 61.7 Å². The second-order valence-electron chi connectivity index (χ2n) is 14.2. The molecule has 1 heterocycles. The molecule has 67 heavy (non-hydrogen) atoms. The summed E-state index contributed by atoms with van der Waals surface area (Å²) < 4.78 is 141. The Morgan fingerprint density at radius 2 is 1.09 bits per heavy atom. The fourth-order valence-corrected chi connectivity index (χ4v) is 9.08. The average Bonchev–Trinajstić information content (AvgIpc) is 3.72. The molecule has 0 saturated carbocycles. The van der Waals surface area contributed by atoms with Gasteiger partial charge in [0, 0.05) is 22.2 Å². The largest absolute Gasteiger partial charge is 0.505 e. The molecular formula is C40H29N9O14S4. The highest BCUT2D eigenvalue weighted by Crippen LogP contribution is 2.44. The Morgan fingerprint density at radius 1 is 0.522 bits per heavy atom. The minimum absolute atomic E-state index is 0.0450. The molecule has 0 unspecified atom stereocenters. The van der Waals surface area contributed by atoms with Gasteiger partial charge in [-0.1, -0.05) is 6.07 Å². The van der Waals surface area contributed by atoms with Crippen LogP contribution in [0.3, 0.4) is 0 Å². The van der Waals surface area contributed by atoms with Crippen molar-refractivity contribution in [2.45, 2.75) is 26.5 Å². The third kappa shape index (κ3) is 9.60. The molecule has 23 nitrogen and oxygen atoms in total. The number of aromatic hydroxyl groups is 1. The van der Waals surface area contributed by atoms with Gasteiger partial charge < -0.3 is 9.84 Å². The Labute approximate surface area is 378 Å². The Balaban J connectivity index is 1.08. The second kappa shape index (κ2) is 17.1. The van der Waals surface area contributed by atoms with Gasteiger partial charge in [-0.25, -0.2) is 0 Å². The summed E-state index contributed by atoms with van der Waals surface area (Å²) in [5.74, 6) is -0.569. The summed E-state index contributed by atoms with van der Waals surface area (Å²) in [6.07, 6.45) is 0. The lowest BCUT2D eigenvalue weighted by molar-refractivity contribution is 0.416. The summed E-state index contributed by atoms with van der Waals surface area (Å²) >= 11 is 0. The molecule has 8 aromatic rings. The van der Waals surface area contributed by atoms with E-state index in [-0.39, 0.29) is 54.6 Å². The van der Waals surface area contributed by atoms with Crippen LogP contribution < -0.4 is 4.74 Å². The lowest BCUT2D eigenvalue weighted by Gasteiger charge is -2.11. The molecule has 27 heteroatoms. The van der Waals surface area contributed by atoms with E-state index in [9.17, 15) is 52.4 Å². The average molecular weight is 988 g/mol. The summed E-state index contributed by atoms with van der Waals surface area (Å²) in [6, 6.07) is 23.9. The zero-order valence-electron chi connectivity index (χ0n) is 34.0. The first-order valence-corrected chi connectivity index (χ1v) is 24.4. The first kappa shape index (κ1) is 46.0. The van der Waals surface area contributed by atoms with E-state index in [4.69, 9.17) is 9.29 Å². The zero-order chi connectivity index (χ0) is 48.2. The number of phenolic OH excluding ortho intramolecular Hbond substituents is 1. The van der Waals surface area contributed by atoms with Crippen molar-refractivity contribution in [3.8, 4) is 17.2 Å². The van der Waals surface area contributed by atoms with Crippen molar-refractivity contribution in [1.82, 2.24) is 15.0 Å². The number of rotatable bonds is 12. The number of azo groups is 3. The van der Waals surface area contributed by atoms with Crippen LogP contribution in [0.15, 0.2) is 159 Å². The minimum atomic E-state index is -5.08. The van der Waals surface area contributed by atoms with Crippen molar-refractivity contribution >= 4 is 107 Å². The minimum Gasteiger partial charge on any atom is -0.505 e. The number of benzene rings is 7. The van der Waals surface area contributed by atoms with Crippen molar-refractivity contribution in [3.63, 3.8) is 0 Å². The molecule has 1 aromatic heterocycles. The second-order valence-corrected chi connectivity index (χ2v) is 19.9. The van der Waals surface area contributed by atoms with Gasteiger partial charge in [-0.3, -0.25) is 18.2 Å². The number of aromatic nitrogens is 3. The summed E-state index contributed by atoms with van der Waals surface area (Å²) in [7, 11) is -18.0. The Bertz CT molecular complexity index is 3920. The molecule has 0 atom stereocenters. The van der Waals surface area contributed by atoms with E-state index >= 15 is 0 Å². The number of methoxy groups -OCH3 is 1. The molecule has 7 aromatic carbocycles. The lowest BCUT2D eigenvalue weighted by atomic mass is 10.1. The fraction of sp³-hybridized carbons (Fsp3) is 0.0500. The van der Waals surface area contributed by atoms with Gasteiger partial charge in [0.05, 0.1) is 45.3 Å². The van der Waals surface area contributed by atoms with E-state index in [2.05, 4.69) is 40.9 Å². The summed E-state index contributed by atoms with van der Waals surface area (Å²) in [5.41, 5.74) is 1.78. The maximum absolute atomic E-state index is 12.7. The Kier molecular flexibility index (Phi) is 11.7. The monoisotopic (exact) mass is 987 g/mol. The van der Waals surface area contributed by atoms with Crippen molar-refractivity contribution in [1.29, 1.82) is 0 Å². The number of aryl methyl sites for hydroxylation is 1. The highest BCUT2D eigenvalue weighted by atomic mass is 32.2. The Hall–Kier alpha value is -7.50. The molecule has 342 valence electrons. The van der Waals surface area contributed by atoms with Gasteiger partial charge in [-0.15, -0.1) is 20.4 Å². The van der Waals surface area contributed by atoms with Crippen LogP contribution in [0, 0.1) is 6.92 Å². The van der Waals surface area contributed by atoms with E-state index in [0.29, 0.717) is 34.4 Å². The SMILES string of the molecule is COc1cc(N=Nc2ccc(N=Nc3ccc(S(=O)(=O)O)cc3)cc2)c(C)cc1N=Nc1c(S(=O)(=O)O)cc2cc(-n3nc4ccc5c(S(=O)(=O)O)cc(S(=O)(=O)O)cc5c4n3)ccc2c1O. The number of nitrogens with zero attached hydrogens (tertiary/aromatic N) is 9. The molecule has 0 fully saturated rings. The number of hydrogen-bond acceptors (Lipinski definition) is 18. The van der Waals surface area contributed by atoms with Crippen LogP contribution in [0.2, 0.25) is 0 Å². The predicted molar refractivity (Wildman–Crippen MR) is 238 cm³/mol. The first-order chi connectivity index (χ1) is 31.5. The van der Waals surface area contributed by atoms with Gasteiger partial charge in [0.1, 0.15) is 37.9 Å². The van der Waals surface area contributed by atoms with Crippen LogP contribution in [0.5, 0.6) is 11.5 Å². The normalized spacial score (nSPS) is 13.0. The van der Waals surface area contributed by atoms with E-state index < -0.39 is 66.6 Å². The van der Waals surface area contributed by atoms with Crippen LogP contribution in [-0.2, 0) is 40.5 Å². The van der Waals surface area contributed by atoms with Crippen LogP contribution >= 0.6 is 0 Å². The van der Waals surface area contributed by atoms with E-state index in [1.165, 1.54) is 73.8 Å². The highest BCUT2D eigenvalue weighted by molar-refractivity contribution is 7.87. The van der Waals surface area contributed by atoms with Crippen LogP contribution in [0.4, 0.5) is 34.1 Å². The molecule has 0 bridgehead atoms. The number of ether oxygens (including phenoxy) is 1. The Morgan fingerprint density at radius 3 is 1.67 bits per heavy atom. The van der Waals surface area contributed by atoms with E-state index in [0.717, 1.165) is 16.9 Å². The lowest BCUT2D eigenvalue weighted by Crippen LogP contribution is -2.04. The van der Waals surface area contributed by atoms with Crippen molar-refractivity contribution in [3.05, 3.63) is 115 Å². The summed E-state index contributed by atoms with van der Waals surface area (Å²) in [5, 5.41) is 44.8. The smallest absolute Gasteiger partial charge is 0.296 e. The van der Waals surface area contributed by atoms with Crippen LogP contribution in [0.25, 0.3) is 38.3 Å². The molecular weight excluding hydrogens is 959 g/mol. The molecule has 0 amide bonds. The van der Waals surface area contributed by atoms with Crippen molar-refractivity contribution in [2.24, 2.45) is 30.7 Å². The van der Waals surface area contributed by atoms with Gasteiger partial charge in [0.2, 0.25) is 0 Å². The van der Waals surface area contributed by atoms with Gasteiger partial charge in [0.15, 0.2) is 5.75 Å². The number of phenols is 1. The van der Waals surface area contributed by atoms with Crippen LogP contribution in [0.1, 0.15) is 5.56 Å². The summed E-state index contributed by atoms with van der Waals surface area (Å²) in [4.78, 5) is -1.72. The first-order valence-electron chi connectivity index (χ1n) is 18.7. The third-order valence-electron chi connectivity index (χ3n) is 9.83.